The van der Waals surface area contributed by atoms with Crippen molar-refractivity contribution in [3.05, 3.63) is 71.1 Å². The van der Waals surface area contributed by atoms with Gasteiger partial charge in [0.2, 0.25) is 11.8 Å². The minimum atomic E-state index is -1.30. The molecule has 0 aliphatic carbocycles. The molecule has 5 N–H and O–H groups in total. The molecule has 3 aromatic rings. The summed E-state index contributed by atoms with van der Waals surface area (Å²) < 4.78 is 1.03. The van der Waals surface area contributed by atoms with Gasteiger partial charge in [-0.15, -0.1) is 11.3 Å². The first-order valence-corrected chi connectivity index (χ1v) is 9.66. The van der Waals surface area contributed by atoms with Crippen molar-refractivity contribution < 1.29 is 9.59 Å². The minimum absolute atomic E-state index is 0.349. The molecule has 5 nitrogen and oxygen atoms in total. The fourth-order valence-electron chi connectivity index (χ4n) is 3.56. The van der Waals surface area contributed by atoms with Gasteiger partial charge in [-0.2, -0.15) is 0 Å². The van der Waals surface area contributed by atoms with E-state index in [0.29, 0.717) is 12.8 Å². The zero-order chi connectivity index (χ0) is 19.4. The molecule has 6 heteroatoms. The Kier molecular flexibility index (Phi) is 5.58. The van der Waals surface area contributed by atoms with Crippen LogP contribution in [0.3, 0.4) is 0 Å². The van der Waals surface area contributed by atoms with Crippen LogP contribution in [-0.4, -0.2) is 24.9 Å². The number of hydrogen-bond donors (Lipinski definition) is 3. The Morgan fingerprint density at radius 1 is 1.11 bits per heavy atom. The van der Waals surface area contributed by atoms with E-state index in [1.807, 2.05) is 60.0 Å². The highest BCUT2D eigenvalue weighted by Gasteiger charge is 2.48. The molecule has 2 aromatic carbocycles. The number of thiophene rings is 1. The molecule has 140 valence electrons. The summed E-state index contributed by atoms with van der Waals surface area (Å²) in [7, 11) is 1.51. The molecule has 3 rings (SSSR count). The largest absolute Gasteiger partial charge is 0.369 e. The number of amides is 2. The van der Waals surface area contributed by atoms with Gasteiger partial charge in [0, 0.05) is 11.7 Å². The number of nitrogens with two attached hydrogens (primary N) is 2. The van der Waals surface area contributed by atoms with Crippen molar-refractivity contribution in [3.8, 4) is 0 Å². The van der Waals surface area contributed by atoms with Crippen LogP contribution in [0.1, 0.15) is 17.5 Å². The molecule has 0 saturated carbocycles. The third-order valence-electron chi connectivity index (χ3n) is 5.11. The smallest absolute Gasteiger partial charge is 0.238 e. The van der Waals surface area contributed by atoms with Gasteiger partial charge in [-0.1, -0.05) is 48.5 Å². The topological polar surface area (TPSA) is 98.2 Å². The normalized spacial score (nSPS) is 14.4. The average Bonchev–Trinajstić information content (AvgIpc) is 3.13. The van der Waals surface area contributed by atoms with E-state index >= 15 is 0 Å². The third-order valence-corrected chi connectivity index (χ3v) is 6.08. The molecule has 27 heavy (non-hydrogen) atoms. The summed E-state index contributed by atoms with van der Waals surface area (Å²) in [5.74, 6) is -0.991. The SMILES string of the molecule is CNC(=O)[C@H](N)C(CCc1ccccc1)(C(N)=O)c1csc2ccccc12. The monoisotopic (exact) mass is 381 g/mol. The van der Waals surface area contributed by atoms with E-state index in [2.05, 4.69) is 5.32 Å². The van der Waals surface area contributed by atoms with Gasteiger partial charge in [0.1, 0.15) is 6.04 Å². The first-order chi connectivity index (χ1) is 13.0. The van der Waals surface area contributed by atoms with Crippen molar-refractivity contribution in [1.29, 1.82) is 0 Å². The Morgan fingerprint density at radius 2 is 1.78 bits per heavy atom. The van der Waals surface area contributed by atoms with Crippen molar-refractivity contribution in [2.75, 3.05) is 7.05 Å². The number of carbonyl (C=O) groups excluding carboxylic acids is 2. The quantitative estimate of drug-likeness (QED) is 0.586. The molecular weight excluding hydrogens is 358 g/mol. The molecule has 1 heterocycles. The van der Waals surface area contributed by atoms with Crippen molar-refractivity contribution in [2.45, 2.75) is 24.3 Å². The number of nitrogens with one attached hydrogen (secondary N) is 1. The maximum Gasteiger partial charge on any atom is 0.238 e. The van der Waals surface area contributed by atoms with E-state index < -0.39 is 23.3 Å². The van der Waals surface area contributed by atoms with Crippen molar-refractivity contribution in [3.63, 3.8) is 0 Å². The van der Waals surface area contributed by atoms with E-state index in [-0.39, 0.29) is 0 Å². The van der Waals surface area contributed by atoms with Crippen LogP contribution in [0.15, 0.2) is 60.0 Å². The van der Waals surface area contributed by atoms with Gasteiger partial charge in [0.15, 0.2) is 0 Å². The van der Waals surface area contributed by atoms with Crippen molar-refractivity contribution >= 4 is 33.2 Å². The predicted molar refractivity (Wildman–Crippen MR) is 110 cm³/mol. The second-order valence-electron chi connectivity index (χ2n) is 6.56. The number of carbonyl (C=O) groups is 2. The van der Waals surface area contributed by atoms with Crippen molar-refractivity contribution in [1.82, 2.24) is 5.32 Å². The molecule has 0 radical (unpaired) electrons. The number of primary amides is 1. The zero-order valence-electron chi connectivity index (χ0n) is 15.1. The maximum absolute atomic E-state index is 12.8. The first kappa shape index (κ1) is 19.1. The van der Waals surface area contributed by atoms with Gasteiger partial charge in [0.05, 0.1) is 5.41 Å². The average molecular weight is 382 g/mol. The van der Waals surface area contributed by atoms with Crippen LogP contribution in [0.25, 0.3) is 10.1 Å². The highest BCUT2D eigenvalue weighted by molar-refractivity contribution is 7.17. The fourth-order valence-corrected chi connectivity index (χ4v) is 4.60. The first-order valence-electron chi connectivity index (χ1n) is 8.78. The zero-order valence-corrected chi connectivity index (χ0v) is 16.0. The van der Waals surface area contributed by atoms with Crippen LogP contribution in [0, 0.1) is 0 Å². The number of hydrogen-bond acceptors (Lipinski definition) is 4. The van der Waals surface area contributed by atoms with E-state index in [9.17, 15) is 9.59 Å². The summed E-state index contributed by atoms with van der Waals surface area (Å²) in [6.45, 7) is 0. The lowest BCUT2D eigenvalue weighted by Crippen LogP contribution is -2.60. The van der Waals surface area contributed by atoms with Gasteiger partial charge < -0.3 is 16.8 Å². The number of rotatable bonds is 7. The van der Waals surface area contributed by atoms with Crippen LogP contribution in [0.4, 0.5) is 0 Å². The van der Waals surface area contributed by atoms with Gasteiger partial charge in [-0.05, 0) is 40.8 Å². The van der Waals surface area contributed by atoms with E-state index in [4.69, 9.17) is 11.5 Å². The summed E-state index contributed by atoms with van der Waals surface area (Å²) in [5, 5.41) is 5.38. The van der Waals surface area contributed by atoms with Gasteiger partial charge in [-0.25, -0.2) is 0 Å². The summed E-state index contributed by atoms with van der Waals surface area (Å²) in [6, 6.07) is 16.5. The number of benzene rings is 2. The molecule has 1 aromatic heterocycles. The summed E-state index contributed by atoms with van der Waals surface area (Å²) in [5.41, 5.74) is 12.8. The van der Waals surface area contributed by atoms with Crippen LogP contribution in [-0.2, 0) is 21.4 Å². The molecular formula is C21H23N3O2S. The molecule has 0 bridgehead atoms. The molecule has 2 amide bonds. The number of aryl methyl sites for hydroxylation is 1. The van der Waals surface area contributed by atoms with Gasteiger partial charge >= 0.3 is 0 Å². The summed E-state index contributed by atoms with van der Waals surface area (Å²) in [4.78, 5) is 25.3. The lowest BCUT2D eigenvalue weighted by Gasteiger charge is -2.35. The van der Waals surface area contributed by atoms with E-state index in [1.165, 1.54) is 18.4 Å². The highest BCUT2D eigenvalue weighted by Crippen LogP contribution is 2.40. The lowest BCUT2D eigenvalue weighted by atomic mass is 9.69. The standard InChI is InChI=1S/C21H23N3O2S/c1-24-19(25)18(22)21(20(23)26,12-11-14-7-3-2-4-8-14)16-13-27-17-10-6-5-9-15(16)17/h2-10,13,18H,11-12,22H2,1H3,(H2,23,26)(H,24,25)/t18-,21?/m0/s1. The Labute approximate surface area is 162 Å². The maximum atomic E-state index is 12.8. The molecule has 0 spiro atoms. The molecule has 0 aliphatic rings. The van der Waals surface area contributed by atoms with E-state index in [1.54, 1.807) is 0 Å². The Bertz CT molecular complexity index is 954. The number of likely N-dealkylation sites (N-methyl/N-ethyl adjacent to an activating group) is 1. The second-order valence-corrected chi connectivity index (χ2v) is 7.47. The lowest BCUT2D eigenvalue weighted by molar-refractivity contribution is -0.131. The Morgan fingerprint density at radius 3 is 2.44 bits per heavy atom. The highest BCUT2D eigenvalue weighted by atomic mass is 32.1. The van der Waals surface area contributed by atoms with Crippen LogP contribution in [0.2, 0.25) is 0 Å². The predicted octanol–water partition coefficient (Wildman–Crippen LogP) is 2.33. The Hall–Kier alpha value is -2.70. The van der Waals surface area contributed by atoms with Gasteiger partial charge in [0.25, 0.3) is 0 Å². The minimum Gasteiger partial charge on any atom is -0.369 e. The molecule has 1 unspecified atom stereocenters. The fraction of sp³-hybridized carbons (Fsp3) is 0.238. The van der Waals surface area contributed by atoms with Crippen LogP contribution < -0.4 is 16.8 Å². The Balaban J connectivity index is 2.14. The molecule has 0 fully saturated rings. The summed E-state index contributed by atoms with van der Waals surface area (Å²) in [6.07, 6.45) is 0.931. The third kappa shape index (κ3) is 3.46. The van der Waals surface area contributed by atoms with Gasteiger partial charge in [-0.3, -0.25) is 9.59 Å². The molecule has 0 aliphatic heterocycles. The van der Waals surface area contributed by atoms with E-state index in [0.717, 1.165) is 21.2 Å². The number of fused-ring (bicyclic) bond motifs is 1. The second kappa shape index (κ2) is 7.90. The molecule has 0 saturated heterocycles. The summed E-state index contributed by atoms with van der Waals surface area (Å²) >= 11 is 1.52. The van der Waals surface area contributed by atoms with Crippen molar-refractivity contribution in [2.24, 2.45) is 11.5 Å². The van der Waals surface area contributed by atoms with Crippen LogP contribution in [0.5, 0.6) is 0 Å². The van der Waals surface area contributed by atoms with Crippen LogP contribution >= 0.6 is 11.3 Å². The molecule has 2 atom stereocenters.